The summed E-state index contributed by atoms with van der Waals surface area (Å²) in [7, 11) is 0. The van der Waals surface area contributed by atoms with E-state index < -0.39 is 11.3 Å². The van der Waals surface area contributed by atoms with Crippen LogP contribution in [-0.4, -0.2) is 18.5 Å². The van der Waals surface area contributed by atoms with Gasteiger partial charge in [-0.15, -0.1) is 0 Å². The molecule has 0 amide bonds. The number of benzene rings is 2. The van der Waals surface area contributed by atoms with E-state index in [1.54, 1.807) is 0 Å². The van der Waals surface area contributed by atoms with Gasteiger partial charge in [0.15, 0.2) is 0 Å². The van der Waals surface area contributed by atoms with Crippen molar-refractivity contribution in [2.24, 2.45) is 0 Å². The molecule has 0 radical (unpaired) electrons. The van der Waals surface area contributed by atoms with Crippen LogP contribution in [0.4, 0.5) is 0 Å². The van der Waals surface area contributed by atoms with Crippen molar-refractivity contribution in [2.75, 3.05) is 0 Å². The summed E-state index contributed by atoms with van der Waals surface area (Å²) in [4.78, 5) is 0. The van der Waals surface area contributed by atoms with Gasteiger partial charge < -0.3 is 0 Å². The highest BCUT2D eigenvalue weighted by Crippen LogP contribution is 2.23. The molecule has 0 aliphatic rings. The quantitative estimate of drug-likeness (QED) is 0.712. The second-order valence-electron chi connectivity index (χ2n) is 4.70. The normalized spacial score (nSPS) is 12.2. The van der Waals surface area contributed by atoms with E-state index in [9.17, 15) is 4.21 Å². The molecule has 3 rings (SSSR count). The lowest BCUT2D eigenvalue weighted by Crippen LogP contribution is -2.15. The van der Waals surface area contributed by atoms with E-state index in [0.29, 0.717) is 5.69 Å². The van der Waals surface area contributed by atoms with Gasteiger partial charge in [-0.05, 0) is 18.2 Å². The second kappa shape index (κ2) is 6.65. The fraction of sp³-hybridized carbons (Fsp3) is 0.0625. The molecular weight excluding hydrogens is 298 g/mol. The number of hydrogen-bond acceptors (Lipinski definition) is 2. The average Bonchev–Trinajstić information content (AvgIpc) is 2.99. The summed E-state index contributed by atoms with van der Waals surface area (Å²) < 4.78 is 23.9. The SMILES string of the molecule is O=S(O)NCc1cc(-c2ccccc2)n(-c2ccccc2)n1. The molecule has 1 atom stereocenters. The van der Waals surface area contributed by atoms with E-state index in [1.807, 2.05) is 71.4 Å². The van der Waals surface area contributed by atoms with E-state index in [-0.39, 0.29) is 6.54 Å². The first kappa shape index (κ1) is 14.6. The predicted octanol–water partition coefficient (Wildman–Crippen LogP) is 2.77. The number of rotatable bonds is 5. The van der Waals surface area contributed by atoms with Crippen molar-refractivity contribution in [3.63, 3.8) is 0 Å². The minimum absolute atomic E-state index is 0.225. The van der Waals surface area contributed by atoms with Crippen LogP contribution in [0.3, 0.4) is 0 Å². The minimum Gasteiger partial charge on any atom is -0.294 e. The first-order valence-electron chi connectivity index (χ1n) is 6.78. The molecule has 3 aromatic rings. The van der Waals surface area contributed by atoms with Crippen LogP contribution in [0.25, 0.3) is 16.9 Å². The van der Waals surface area contributed by atoms with Crippen LogP contribution >= 0.6 is 0 Å². The van der Waals surface area contributed by atoms with Crippen molar-refractivity contribution in [3.8, 4) is 16.9 Å². The molecule has 0 saturated heterocycles. The van der Waals surface area contributed by atoms with Crippen molar-refractivity contribution in [3.05, 3.63) is 72.4 Å². The summed E-state index contributed by atoms with van der Waals surface area (Å²) in [5, 5.41) is 4.54. The van der Waals surface area contributed by atoms with E-state index in [1.165, 1.54) is 0 Å². The van der Waals surface area contributed by atoms with E-state index in [0.717, 1.165) is 16.9 Å². The Morgan fingerprint density at radius 1 is 1.05 bits per heavy atom. The van der Waals surface area contributed by atoms with Gasteiger partial charge in [-0.25, -0.2) is 13.6 Å². The molecule has 0 spiro atoms. The zero-order valence-corrected chi connectivity index (χ0v) is 12.5. The molecule has 2 aromatic carbocycles. The van der Waals surface area contributed by atoms with Crippen molar-refractivity contribution in [1.82, 2.24) is 14.5 Å². The lowest BCUT2D eigenvalue weighted by Gasteiger charge is -2.07. The Kier molecular flexibility index (Phi) is 4.43. The van der Waals surface area contributed by atoms with E-state index in [2.05, 4.69) is 9.82 Å². The van der Waals surface area contributed by atoms with Crippen molar-refractivity contribution in [1.29, 1.82) is 0 Å². The van der Waals surface area contributed by atoms with Gasteiger partial charge in [0.2, 0.25) is 11.3 Å². The Hall–Kier alpha value is -2.28. The molecule has 1 heterocycles. The van der Waals surface area contributed by atoms with Crippen LogP contribution in [0.1, 0.15) is 5.69 Å². The lowest BCUT2D eigenvalue weighted by molar-refractivity contribution is 0.547. The third kappa shape index (κ3) is 3.30. The number of para-hydroxylation sites is 1. The first-order chi connectivity index (χ1) is 10.7. The fourth-order valence-corrected chi connectivity index (χ4v) is 2.50. The molecule has 0 aliphatic heterocycles. The Balaban J connectivity index is 2.04. The maximum absolute atomic E-state index is 10.8. The smallest absolute Gasteiger partial charge is 0.232 e. The molecule has 6 heteroatoms. The number of aromatic nitrogens is 2. The maximum atomic E-state index is 10.8. The second-order valence-corrected chi connectivity index (χ2v) is 5.49. The summed E-state index contributed by atoms with van der Waals surface area (Å²) in [6.45, 7) is 0.225. The molecule has 112 valence electrons. The monoisotopic (exact) mass is 313 g/mol. The molecule has 0 aliphatic carbocycles. The Morgan fingerprint density at radius 2 is 1.68 bits per heavy atom. The first-order valence-corrected chi connectivity index (χ1v) is 7.89. The number of hydrogen-bond donors (Lipinski definition) is 2. The fourth-order valence-electron chi connectivity index (χ4n) is 2.23. The maximum Gasteiger partial charge on any atom is 0.232 e. The van der Waals surface area contributed by atoms with Crippen LogP contribution in [-0.2, 0) is 17.8 Å². The molecule has 1 aromatic heterocycles. The highest BCUT2D eigenvalue weighted by Gasteiger charge is 2.11. The molecule has 0 bridgehead atoms. The van der Waals surface area contributed by atoms with Crippen molar-refractivity contribution >= 4 is 11.3 Å². The average molecular weight is 313 g/mol. The zero-order chi connectivity index (χ0) is 15.4. The summed E-state index contributed by atoms with van der Waals surface area (Å²) in [5.74, 6) is 0. The van der Waals surface area contributed by atoms with E-state index >= 15 is 0 Å². The van der Waals surface area contributed by atoms with Gasteiger partial charge in [0, 0.05) is 5.56 Å². The lowest BCUT2D eigenvalue weighted by atomic mass is 10.1. The summed E-state index contributed by atoms with van der Waals surface area (Å²) in [6.07, 6.45) is 0. The molecule has 1 unspecified atom stereocenters. The van der Waals surface area contributed by atoms with Crippen LogP contribution in [0.5, 0.6) is 0 Å². The Labute approximate surface area is 131 Å². The zero-order valence-electron chi connectivity index (χ0n) is 11.7. The van der Waals surface area contributed by atoms with Gasteiger partial charge in [0.25, 0.3) is 0 Å². The van der Waals surface area contributed by atoms with Crippen LogP contribution in [0.2, 0.25) is 0 Å². The number of nitrogens with one attached hydrogen (secondary N) is 1. The van der Waals surface area contributed by atoms with Gasteiger partial charge in [-0.2, -0.15) is 5.10 Å². The predicted molar refractivity (Wildman–Crippen MR) is 86.6 cm³/mol. The van der Waals surface area contributed by atoms with Gasteiger partial charge in [-0.3, -0.25) is 4.55 Å². The minimum atomic E-state index is -2.05. The molecular formula is C16H15N3O2S. The van der Waals surface area contributed by atoms with E-state index in [4.69, 9.17) is 4.55 Å². The van der Waals surface area contributed by atoms with Gasteiger partial charge in [-0.1, -0.05) is 48.5 Å². The third-order valence-corrected chi connectivity index (χ3v) is 3.60. The summed E-state index contributed by atoms with van der Waals surface area (Å²) in [6, 6.07) is 21.6. The molecule has 0 saturated carbocycles. The molecule has 0 fully saturated rings. The van der Waals surface area contributed by atoms with Gasteiger partial charge >= 0.3 is 0 Å². The standard InChI is InChI=1S/C16H15N3O2S/c20-22(21)17-12-14-11-16(13-7-3-1-4-8-13)19(18-14)15-9-5-2-6-10-15/h1-11,17H,12H2,(H,20,21). The van der Waals surface area contributed by atoms with Crippen LogP contribution in [0, 0.1) is 0 Å². The number of nitrogens with zero attached hydrogens (tertiary/aromatic N) is 2. The Bertz CT molecular complexity index is 716. The Morgan fingerprint density at radius 3 is 2.32 bits per heavy atom. The summed E-state index contributed by atoms with van der Waals surface area (Å²) >= 11 is -2.05. The molecule has 2 N–H and O–H groups in total. The highest BCUT2D eigenvalue weighted by molar-refractivity contribution is 7.77. The third-order valence-electron chi connectivity index (χ3n) is 3.21. The van der Waals surface area contributed by atoms with Crippen molar-refractivity contribution < 1.29 is 8.76 Å². The van der Waals surface area contributed by atoms with Gasteiger partial charge in [0.05, 0.1) is 23.6 Å². The van der Waals surface area contributed by atoms with Crippen LogP contribution < -0.4 is 4.72 Å². The van der Waals surface area contributed by atoms with Gasteiger partial charge in [0.1, 0.15) is 0 Å². The van der Waals surface area contributed by atoms with Crippen LogP contribution in [0.15, 0.2) is 66.7 Å². The topological polar surface area (TPSA) is 67.2 Å². The largest absolute Gasteiger partial charge is 0.294 e. The van der Waals surface area contributed by atoms with Crippen molar-refractivity contribution in [2.45, 2.75) is 6.54 Å². The molecule has 22 heavy (non-hydrogen) atoms. The molecule has 5 nitrogen and oxygen atoms in total. The highest BCUT2D eigenvalue weighted by atomic mass is 32.2. The summed E-state index contributed by atoms with van der Waals surface area (Å²) in [5.41, 5.74) is 3.62.